The van der Waals surface area contributed by atoms with Crippen LogP contribution in [-0.2, 0) is 17.8 Å². The smallest absolute Gasteiger partial charge is 0.231 e. The van der Waals surface area contributed by atoms with Gasteiger partial charge in [0.1, 0.15) is 5.75 Å². The van der Waals surface area contributed by atoms with Crippen molar-refractivity contribution in [1.82, 2.24) is 9.80 Å². The van der Waals surface area contributed by atoms with Gasteiger partial charge in [-0.2, -0.15) is 0 Å². The molecule has 2 aromatic carbocycles. The molecule has 2 heterocycles. The van der Waals surface area contributed by atoms with Crippen molar-refractivity contribution in [2.45, 2.75) is 25.8 Å². The van der Waals surface area contributed by atoms with Crippen molar-refractivity contribution >= 4 is 5.91 Å². The second kappa shape index (κ2) is 8.11. The molecule has 0 bridgehead atoms. The van der Waals surface area contributed by atoms with Gasteiger partial charge in [-0.05, 0) is 54.7 Å². The molecule has 2 fully saturated rings. The van der Waals surface area contributed by atoms with Gasteiger partial charge in [0.25, 0.3) is 0 Å². The van der Waals surface area contributed by atoms with Crippen LogP contribution in [0, 0.1) is 17.0 Å². The van der Waals surface area contributed by atoms with E-state index < -0.39 is 17.0 Å². The van der Waals surface area contributed by atoms with E-state index in [2.05, 4.69) is 4.90 Å². The highest BCUT2D eigenvalue weighted by atomic mass is 19.2. The summed E-state index contributed by atoms with van der Waals surface area (Å²) < 4.78 is 32.0. The average Bonchev–Trinajstić information content (AvgIpc) is 3.23. The summed E-state index contributed by atoms with van der Waals surface area (Å²) in [7, 11) is 1.64. The molecule has 4 rings (SSSR count). The Labute approximate surface area is 170 Å². The first kappa shape index (κ1) is 19.8. The van der Waals surface area contributed by atoms with Crippen LogP contribution in [0.2, 0.25) is 0 Å². The summed E-state index contributed by atoms with van der Waals surface area (Å²) in [5, 5.41) is 0. The Morgan fingerprint density at radius 1 is 1.03 bits per heavy atom. The van der Waals surface area contributed by atoms with Crippen LogP contribution in [0.1, 0.15) is 24.0 Å². The lowest BCUT2D eigenvalue weighted by molar-refractivity contribution is -0.153. The predicted molar refractivity (Wildman–Crippen MR) is 107 cm³/mol. The third-order valence-electron chi connectivity index (χ3n) is 5.97. The zero-order valence-corrected chi connectivity index (χ0v) is 16.7. The van der Waals surface area contributed by atoms with Gasteiger partial charge < -0.3 is 9.64 Å². The van der Waals surface area contributed by atoms with Crippen LogP contribution in [0.15, 0.2) is 42.5 Å². The van der Waals surface area contributed by atoms with Gasteiger partial charge in [0.05, 0.1) is 12.5 Å². The molecular weight excluding hydrogens is 374 g/mol. The standard InChI is InChI=1S/C23H26F2N2O2/c1-29-19-6-4-5-17(11-19)13-23(22(28)27-9-2-3-10-27)15-26(16-23)14-18-7-8-20(24)21(25)12-18/h4-8,11-12H,2-3,9-10,13-16H2,1H3. The monoisotopic (exact) mass is 400 g/mol. The molecular formula is C23H26F2N2O2. The van der Waals surface area contributed by atoms with Gasteiger partial charge in [0, 0.05) is 32.7 Å². The number of rotatable bonds is 6. The minimum absolute atomic E-state index is 0.208. The summed E-state index contributed by atoms with van der Waals surface area (Å²) in [5.41, 5.74) is 1.31. The topological polar surface area (TPSA) is 32.8 Å². The number of benzene rings is 2. The maximum Gasteiger partial charge on any atom is 0.231 e. The van der Waals surface area contributed by atoms with Crippen LogP contribution in [0.25, 0.3) is 0 Å². The lowest BCUT2D eigenvalue weighted by Gasteiger charge is -2.50. The number of nitrogens with zero attached hydrogens (tertiary/aromatic N) is 2. The molecule has 2 aromatic rings. The SMILES string of the molecule is COc1cccc(CC2(C(=O)N3CCCC3)CN(Cc3ccc(F)c(F)c3)C2)c1. The Bertz CT molecular complexity index is 890. The third kappa shape index (κ3) is 4.13. The number of hydrogen-bond acceptors (Lipinski definition) is 3. The first-order valence-electron chi connectivity index (χ1n) is 10.1. The van der Waals surface area contributed by atoms with Crippen LogP contribution < -0.4 is 4.74 Å². The number of carbonyl (C=O) groups is 1. The molecule has 0 N–H and O–H groups in total. The van der Waals surface area contributed by atoms with Gasteiger partial charge >= 0.3 is 0 Å². The predicted octanol–water partition coefficient (Wildman–Crippen LogP) is 3.64. The van der Waals surface area contributed by atoms with Gasteiger partial charge in [0.2, 0.25) is 5.91 Å². The first-order chi connectivity index (χ1) is 14.0. The molecule has 29 heavy (non-hydrogen) atoms. The normalized spacial score (nSPS) is 18.5. The van der Waals surface area contributed by atoms with Gasteiger partial charge in [-0.15, -0.1) is 0 Å². The molecule has 0 aromatic heterocycles. The van der Waals surface area contributed by atoms with Gasteiger partial charge in [-0.25, -0.2) is 8.78 Å². The van der Waals surface area contributed by atoms with Crippen LogP contribution in [0.5, 0.6) is 5.75 Å². The van der Waals surface area contributed by atoms with Gasteiger partial charge in [-0.3, -0.25) is 9.69 Å². The van der Waals surface area contributed by atoms with Gasteiger partial charge in [0.15, 0.2) is 11.6 Å². The van der Waals surface area contributed by atoms with E-state index in [1.165, 1.54) is 6.07 Å². The minimum Gasteiger partial charge on any atom is -0.497 e. The summed E-state index contributed by atoms with van der Waals surface area (Å²) in [4.78, 5) is 17.5. The number of hydrogen-bond donors (Lipinski definition) is 0. The Kier molecular flexibility index (Phi) is 5.54. The fourth-order valence-electron chi connectivity index (χ4n) is 4.57. The summed E-state index contributed by atoms with van der Waals surface area (Å²) in [6, 6.07) is 11.8. The zero-order valence-electron chi connectivity index (χ0n) is 16.7. The molecule has 0 radical (unpaired) electrons. The van der Waals surface area contributed by atoms with E-state index in [1.54, 1.807) is 13.2 Å². The Hall–Kier alpha value is -2.47. The van der Waals surface area contributed by atoms with Crippen LogP contribution in [-0.4, -0.2) is 49.0 Å². The number of likely N-dealkylation sites (tertiary alicyclic amines) is 2. The lowest BCUT2D eigenvalue weighted by atomic mass is 9.73. The van der Waals surface area contributed by atoms with Crippen molar-refractivity contribution in [3.8, 4) is 5.75 Å². The molecule has 1 amide bonds. The molecule has 6 heteroatoms. The second-order valence-corrected chi connectivity index (χ2v) is 8.20. The van der Waals surface area contributed by atoms with E-state index in [0.717, 1.165) is 43.3 Å². The van der Waals surface area contributed by atoms with Crippen LogP contribution in [0.4, 0.5) is 8.78 Å². The highest BCUT2D eigenvalue weighted by Gasteiger charge is 2.50. The molecule has 4 nitrogen and oxygen atoms in total. The third-order valence-corrected chi connectivity index (χ3v) is 5.97. The van der Waals surface area contributed by atoms with E-state index in [0.29, 0.717) is 31.6 Å². The molecule has 2 aliphatic heterocycles. The van der Waals surface area contributed by atoms with E-state index in [1.807, 2.05) is 29.2 Å². The molecule has 0 spiro atoms. The van der Waals surface area contributed by atoms with Crippen LogP contribution >= 0.6 is 0 Å². The average molecular weight is 400 g/mol. The minimum atomic E-state index is -0.839. The Morgan fingerprint density at radius 3 is 2.48 bits per heavy atom. The highest BCUT2D eigenvalue weighted by Crippen LogP contribution is 2.38. The molecule has 0 saturated carbocycles. The van der Waals surface area contributed by atoms with Gasteiger partial charge in [-0.1, -0.05) is 18.2 Å². The number of carbonyl (C=O) groups excluding carboxylic acids is 1. The fourth-order valence-corrected chi connectivity index (χ4v) is 4.57. The van der Waals surface area contributed by atoms with Crippen LogP contribution in [0.3, 0.4) is 0 Å². The number of ether oxygens (including phenoxy) is 1. The van der Waals surface area contributed by atoms with E-state index in [-0.39, 0.29) is 5.91 Å². The van der Waals surface area contributed by atoms with Crippen molar-refractivity contribution < 1.29 is 18.3 Å². The number of halogens is 2. The summed E-state index contributed by atoms with van der Waals surface area (Å²) in [6.45, 7) is 3.37. The molecule has 2 aliphatic rings. The Morgan fingerprint density at radius 2 is 1.79 bits per heavy atom. The molecule has 0 atom stereocenters. The molecule has 0 aliphatic carbocycles. The van der Waals surface area contributed by atoms with Crippen molar-refractivity contribution in [1.29, 1.82) is 0 Å². The summed E-state index contributed by atoms with van der Waals surface area (Å²) >= 11 is 0. The number of methoxy groups -OCH3 is 1. The summed E-state index contributed by atoms with van der Waals surface area (Å²) in [5.74, 6) is -0.684. The molecule has 0 unspecified atom stereocenters. The second-order valence-electron chi connectivity index (χ2n) is 8.20. The zero-order chi connectivity index (χ0) is 20.4. The fraction of sp³-hybridized carbons (Fsp3) is 0.435. The van der Waals surface area contributed by atoms with Crippen molar-refractivity contribution in [3.05, 3.63) is 65.2 Å². The largest absolute Gasteiger partial charge is 0.497 e. The summed E-state index contributed by atoms with van der Waals surface area (Å²) in [6.07, 6.45) is 2.76. The molecule has 154 valence electrons. The van der Waals surface area contributed by atoms with E-state index >= 15 is 0 Å². The van der Waals surface area contributed by atoms with Crippen molar-refractivity contribution in [2.24, 2.45) is 5.41 Å². The van der Waals surface area contributed by atoms with E-state index in [4.69, 9.17) is 4.74 Å². The quantitative estimate of drug-likeness (QED) is 0.742. The van der Waals surface area contributed by atoms with Crippen molar-refractivity contribution in [2.75, 3.05) is 33.3 Å². The maximum atomic E-state index is 13.5. The maximum absolute atomic E-state index is 13.5. The Balaban J connectivity index is 1.50. The lowest BCUT2D eigenvalue weighted by Crippen LogP contribution is -2.64. The van der Waals surface area contributed by atoms with E-state index in [9.17, 15) is 13.6 Å². The first-order valence-corrected chi connectivity index (χ1v) is 10.1. The number of amides is 1. The molecule has 2 saturated heterocycles. The highest BCUT2D eigenvalue weighted by molar-refractivity contribution is 5.85. The van der Waals surface area contributed by atoms with Crippen molar-refractivity contribution in [3.63, 3.8) is 0 Å².